The van der Waals surface area contributed by atoms with Gasteiger partial charge in [0, 0.05) is 6.42 Å². The number of carbonyl (C=O) groups is 2. The molecule has 4 nitrogen and oxygen atoms in total. The minimum absolute atomic E-state index is 0.196. The summed E-state index contributed by atoms with van der Waals surface area (Å²) in [4.78, 5) is 24.7. The van der Waals surface area contributed by atoms with Crippen molar-refractivity contribution in [1.29, 1.82) is 0 Å². The zero-order chi connectivity index (χ0) is 12.1. The number of aromatic amines is 1. The summed E-state index contributed by atoms with van der Waals surface area (Å²) in [5, 5.41) is 0. The zero-order valence-electron chi connectivity index (χ0n) is 9.30. The summed E-state index contributed by atoms with van der Waals surface area (Å²) in [7, 11) is 1.39. The van der Waals surface area contributed by atoms with Crippen LogP contribution in [0.3, 0.4) is 0 Å². The van der Waals surface area contributed by atoms with Crippen LogP contribution in [0, 0.1) is 10.6 Å². The molecule has 88 valence electrons. The third kappa shape index (κ3) is 3.07. The quantitative estimate of drug-likeness (QED) is 0.510. The molecule has 0 aliphatic carbocycles. The highest BCUT2D eigenvalue weighted by Crippen LogP contribution is 2.21. The third-order valence-electron chi connectivity index (χ3n) is 2.52. The van der Waals surface area contributed by atoms with Gasteiger partial charge >= 0.3 is 5.97 Å². The molecule has 1 heterocycles. The summed E-state index contributed by atoms with van der Waals surface area (Å²) in [6.45, 7) is 1.91. The average Bonchev–Trinajstić information content (AvgIpc) is 2.55. The van der Waals surface area contributed by atoms with Gasteiger partial charge < -0.3 is 9.72 Å². The second kappa shape index (κ2) is 6.03. The Morgan fingerprint density at radius 1 is 1.56 bits per heavy atom. The molecule has 1 rings (SSSR count). The van der Waals surface area contributed by atoms with Gasteiger partial charge in [0.15, 0.2) is 6.29 Å². The lowest BCUT2D eigenvalue weighted by Crippen LogP contribution is -2.01. The maximum absolute atomic E-state index is 10.9. The Morgan fingerprint density at radius 3 is 2.75 bits per heavy atom. The first-order chi connectivity index (χ1) is 7.60. The van der Waals surface area contributed by atoms with Crippen LogP contribution in [0.2, 0.25) is 0 Å². The minimum Gasteiger partial charge on any atom is -0.469 e. The Balaban J connectivity index is 2.63. The highest BCUT2D eigenvalue weighted by molar-refractivity contribution is 14.1. The van der Waals surface area contributed by atoms with E-state index in [2.05, 4.69) is 32.3 Å². The fourth-order valence-corrected chi connectivity index (χ4v) is 2.51. The summed E-state index contributed by atoms with van der Waals surface area (Å²) in [6.07, 6.45) is 2.75. The van der Waals surface area contributed by atoms with Gasteiger partial charge in [-0.15, -0.1) is 0 Å². The van der Waals surface area contributed by atoms with Crippen LogP contribution in [0.5, 0.6) is 0 Å². The molecule has 0 unspecified atom stereocenters. The number of hydrogen-bond donors (Lipinski definition) is 1. The van der Waals surface area contributed by atoms with Crippen LogP contribution in [0.1, 0.15) is 34.5 Å². The fourth-order valence-electron chi connectivity index (χ4n) is 1.54. The van der Waals surface area contributed by atoms with E-state index in [1.807, 2.05) is 6.92 Å². The van der Waals surface area contributed by atoms with Crippen molar-refractivity contribution >= 4 is 34.8 Å². The summed E-state index contributed by atoms with van der Waals surface area (Å²) >= 11 is 2.17. The molecule has 0 atom stereocenters. The number of esters is 1. The van der Waals surface area contributed by atoms with Crippen molar-refractivity contribution in [3.8, 4) is 0 Å². The van der Waals surface area contributed by atoms with Crippen LogP contribution < -0.4 is 0 Å². The Bertz CT molecular complexity index is 398. The molecule has 1 aromatic heterocycles. The SMILES string of the molecule is COC(=O)CCCc1c(I)[nH]c(C=O)c1C. The maximum Gasteiger partial charge on any atom is 0.305 e. The largest absolute Gasteiger partial charge is 0.469 e. The number of aromatic nitrogens is 1. The predicted octanol–water partition coefficient (Wildman–Crippen LogP) is 2.24. The normalized spacial score (nSPS) is 10.2. The van der Waals surface area contributed by atoms with E-state index >= 15 is 0 Å². The number of halogens is 1. The van der Waals surface area contributed by atoms with Crippen LogP contribution >= 0.6 is 22.6 Å². The lowest BCUT2D eigenvalue weighted by molar-refractivity contribution is -0.140. The number of methoxy groups -OCH3 is 1. The lowest BCUT2D eigenvalue weighted by Gasteiger charge is -2.01. The zero-order valence-corrected chi connectivity index (χ0v) is 11.5. The van der Waals surface area contributed by atoms with Crippen molar-refractivity contribution in [2.45, 2.75) is 26.2 Å². The van der Waals surface area contributed by atoms with Crippen molar-refractivity contribution < 1.29 is 14.3 Å². The Labute approximate surface area is 108 Å². The van der Waals surface area contributed by atoms with Crippen LogP contribution in [0.25, 0.3) is 0 Å². The van der Waals surface area contributed by atoms with Crippen molar-refractivity contribution in [3.63, 3.8) is 0 Å². The van der Waals surface area contributed by atoms with E-state index in [0.717, 1.165) is 34.0 Å². The van der Waals surface area contributed by atoms with Gasteiger partial charge in [-0.2, -0.15) is 0 Å². The monoisotopic (exact) mass is 335 g/mol. The van der Waals surface area contributed by atoms with Crippen molar-refractivity contribution in [3.05, 3.63) is 20.5 Å². The van der Waals surface area contributed by atoms with E-state index < -0.39 is 0 Å². The third-order valence-corrected chi connectivity index (χ3v) is 3.44. The Morgan fingerprint density at radius 2 is 2.25 bits per heavy atom. The fraction of sp³-hybridized carbons (Fsp3) is 0.455. The highest BCUT2D eigenvalue weighted by Gasteiger charge is 2.12. The minimum atomic E-state index is -0.196. The van der Waals surface area contributed by atoms with Crippen LogP contribution in [0.4, 0.5) is 0 Å². The predicted molar refractivity (Wildman–Crippen MR) is 68.6 cm³/mol. The van der Waals surface area contributed by atoms with Gasteiger partial charge in [0.1, 0.15) is 0 Å². The van der Waals surface area contributed by atoms with Gasteiger partial charge in [0.2, 0.25) is 0 Å². The molecule has 1 N–H and O–H groups in total. The van der Waals surface area contributed by atoms with E-state index in [1.165, 1.54) is 7.11 Å². The van der Waals surface area contributed by atoms with Gasteiger partial charge in [-0.25, -0.2) is 0 Å². The van der Waals surface area contributed by atoms with E-state index in [-0.39, 0.29) is 5.97 Å². The molecule has 0 saturated heterocycles. The van der Waals surface area contributed by atoms with E-state index in [1.54, 1.807) is 0 Å². The second-order valence-corrected chi connectivity index (χ2v) is 4.58. The van der Waals surface area contributed by atoms with Gasteiger partial charge in [-0.05, 0) is 53.5 Å². The highest BCUT2D eigenvalue weighted by atomic mass is 127. The molecule has 0 amide bonds. The van der Waals surface area contributed by atoms with Gasteiger partial charge in [0.25, 0.3) is 0 Å². The molecule has 0 fully saturated rings. The standard InChI is InChI=1S/C11H14INO3/c1-7-8(4-3-5-10(15)16-2)11(12)13-9(7)6-14/h6,13H,3-5H2,1-2H3. The van der Waals surface area contributed by atoms with Crippen molar-refractivity contribution in [1.82, 2.24) is 4.98 Å². The van der Waals surface area contributed by atoms with Gasteiger partial charge in [-0.3, -0.25) is 9.59 Å². The van der Waals surface area contributed by atoms with E-state index in [9.17, 15) is 9.59 Å². The first kappa shape index (κ1) is 13.2. The number of ether oxygens (including phenoxy) is 1. The van der Waals surface area contributed by atoms with E-state index in [0.29, 0.717) is 12.1 Å². The molecule has 0 aliphatic heterocycles. The molecule has 0 radical (unpaired) electrons. The molecule has 0 aliphatic rings. The first-order valence-electron chi connectivity index (χ1n) is 4.99. The summed E-state index contributed by atoms with van der Waals surface area (Å²) in [5.41, 5.74) is 2.72. The summed E-state index contributed by atoms with van der Waals surface area (Å²) in [5.74, 6) is -0.196. The molecule has 16 heavy (non-hydrogen) atoms. The van der Waals surface area contributed by atoms with Crippen LogP contribution in [0.15, 0.2) is 0 Å². The smallest absolute Gasteiger partial charge is 0.305 e. The molecule has 1 aromatic rings. The molecule has 0 saturated carbocycles. The average molecular weight is 335 g/mol. The Kier molecular flexibility index (Phi) is 4.98. The topological polar surface area (TPSA) is 59.2 Å². The van der Waals surface area contributed by atoms with Crippen molar-refractivity contribution in [2.24, 2.45) is 0 Å². The maximum atomic E-state index is 10.9. The van der Waals surface area contributed by atoms with Gasteiger partial charge in [0.05, 0.1) is 16.5 Å². The number of aldehydes is 1. The molecular formula is C11H14INO3. The number of carbonyl (C=O) groups excluding carboxylic acids is 2. The van der Waals surface area contributed by atoms with Crippen LogP contribution in [-0.2, 0) is 16.0 Å². The second-order valence-electron chi connectivity index (χ2n) is 3.50. The number of rotatable bonds is 5. The molecule has 5 heteroatoms. The number of H-pyrrole nitrogens is 1. The molecule has 0 bridgehead atoms. The molecule has 0 spiro atoms. The Hall–Kier alpha value is -0.850. The number of nitrogens with one attached hydrogen (secondary N) is 1. The van der Waals surface area contributed by atoms with E-state index in [4.69, 9.17) is 0 Å². The van der Waals surface area contributed by atoms with Crippen molar-refractivity contribution in [2.75, 3.05) is 7.11 Å². The molecule has 0 aromatic carbocycles. The summed E-state index contributed by atoms with van der Waals surface area (Å²) in [6, 6.07) is 0. The van der Waals surface area contributed by atoms with Crippen LogP contribution in [-0.4, -0.2) is 24.3 Å². The van der Waals surface area contributed by atoms with Gasteiger partial charge in [-0.1, -0.05) is 0 Å². The summed E-state index contributed by atoms with van der Waals surface area (Å²) < 4.78 is 5.54. The molecular weight excluding hydrogens is 321 g/mol. The first-order valence-corrected chi connectivity index (χ1v) is 6.07. The lowest BCUT2D eigenvalue weighted by atomic mass is 10.1. The number of hydrogen-bond acceptors (Lipinski definition) is 3.